The van der Waals surface area contributed by atoms with Crippen LogP contribution in [0.15, 0.2) is 86.0 Å². The number of hydrogen-bond acceptors (Lipinski definition) is 1. The molecule has 0 saturated carbocycles. The van der Waals surface area contributed by atoms with Crippen LogP contribution in [-0.2, 0) is 17.6 Å². The fraction of sp³-hybridized carbons (Fsp3) is 0.273. The third-order valence-electron chi connectivity index (χ3n) is 3.86. The van der Waals surface area contributed by atoms with Crippen molar-refractivity contribution in [1.29, 1.82) is 0 Å². The van der Waals surface area contributed by atoms with Gasteiger partial charge in [-0.3, -0.25) is 0 Å². The molecule has 120 valence electrons. The van der Waals surface area contributed by atoms with Gasteiger partial charge in [0.05, 0.1) is 12.2 Å². The Labute approximate surface area is 140 Å². The first kappa shape index (κ1) is 17.2. The van der Waals surface area contributed by atoms with E-state index in [4.69, 9.17) is 4.74 Å². The van der Waals surface area contributed by atoms with Crippen LogP contribution in [0.5, 0.6) is 0 Å². The zero-order chi connectivity index (χ0) is 16.3. The quantitative estimate of drug-likeness (QED) is 0.536. The van der Waals surface area contributed by atoms with Gasteiger partial charge in [-0.05, 0) is 36.8 Å². The van der Waals surface area contributed by atoms with E-state index in [9.17, 15) is 0 Å². The van der Waals surface area contributed by atoms with Crippen LogP contribution in [0.4, 0.5) is 0 Å². The summed E-state index contributed by atoms with van der Waals surface area (Å²) in [5, 5.41) is 0. The third-order valence-corrected chi connectivity index (χ3v) is 3.86. The van der Waals surface area contributed by atoms with Crippen LogP contribution in [0.3, 0.4) is 0 Å². The molecule has 0 aliphatic heterocycles. The van der Waals surface area contributed by atoms with Gasteiger partial charge in [0.2, 0.25) is 0 Å². The van der Waals surface area contributed by atoms with E-state index in [0.29, 0.717) is 0 Å². The Bertz CT molecular complexity index is 520. The first-order chi connectivity index (χ1) is 11.3. The maximum Gasteiger partial charge on any atom is 0.0653 e. The highest BCUT2D eigenvalue weighted by Gasteiger charge is 2.16. The summed E-state index contributed by atoms with van der Waals surface area (Å²) >= 11 is 0. The largest absolute Gasteiger partial charge is 0.374 e. The molecule has 0 amide bonds. The molecule has 0 bridgehead atoms. The second kappa shape index (κ2) is 9.81. The van der Waals surface area contributed by atoms with Crippen molar-refractivity contribution in [2.75, 3.05) is 0 Å². The van der Waals surface area contributed by atoms with Crippen molar-refractivity contribution in [2.24, 2.45) is 0 Å². The average Bonchev–Trinajstić information content (AvgIpc) is 2.57. The first-order valence-electron chi connectivity index (χ1n) is 8.27. The lowest BCUT2D eigenvalue weighted by Gasteiger charge is -2.24. The molecule has 0 radical (unpaired) electrons. The number of hydrogen-bond donors (Lipinski definition) is 0. The van der Waals surface area contributed by atoms with Gasteiger partial charge in [-0.25, -0.2) is 0 Å². The molecule has 0 N–H and O–H groups in total. The van der Waals surface area contributed by atoms with E-state index in [2.05, 4.69) is 61.7 Å². The SMILES string of the molecule is C=CCC(Cc1ccccc1)OC(CC=C)Cc1ccccc1. The van der Waals surface area contributed by atoms with Crippen molar-refractivity contribution < 1.29 is 4.74 Å². The van der Waals surface area contributed by atoms with Crippen molar-refractivity contribution in [3.63, 3.8) is 0 Å². The van der Waals surface area contributed by atoms with Crippen molar-refractivity contribution in [2.45, 2.75) is 37.9 Å². The molecular weight excluding hydrogens is 280 g/mol. The Balaban J connectivity index is 2.01. The number of rotatable bonds is 10. The second-order valence-electron chi connectivity index (χ2n) is 5.81. The van der Waals surface area contributed by atoms with Gasteiger partial charge in [-0.1, -0.05) is 72.8 Å². The Morgan fingerprint density at radius 1 is 0.696 bits per heavy atom. The molecular formula is C22H26O. The van der Waals surface area contributed by atoms with Crippen molar-refractivity contribution >= 4 is 0 Å². The molecule has 0 aliphatic carbocycles. The maximum absolute atomic E-state index is 6.40. The molecule has 1 nitrogen and oxygen atoms in total. The standard InChI is InChI=1S/C22H26O/c1-3-11-21(17-19-13-7-5-8-14-19)23-22(12-4-2)18-20-15-9-6-10-16-20/h3-10,13-16,21-22H,1-2,11-12,17-18H2. The molecule has 0 fully saturated rings. The fourth-order valence-corrected chi connectivity index (χ4v) is 2.77. The van der Waals surface area contributed by atoms with E-state index in [1.807, 2.05) is 24.3 Å². The van der Waals surface area contributed by atoms with E-state index >= 15 is 0 Å². The average molecular weight is 306 g/mol. The van der Waals surface area contributed by atoms with Crippen molar-refractivity contribution in [3.8, 4) is 0 Å². The zero-order valence-corrected chi connectivity index (χ0v) is 13.7. The summed E-state index contributed by atoms with van der Waals surface area (Å²) in [6.07, 6.45) is 7.74. The number of ether oxygens (including phenoxy) is 1. The second-order valence-corrected chi connectivity index (χ2v) is 5.81. The Kier molecular flexibility index (Phi) is 7.35. The van der Waals surface area contributed by atoms with Crippen LogP contribution in [-0.4, -0.2) is 12.2 Å². The lowest BCUT2D eigenvalue weighted by Crippen LogP contribution is -2.25. The molecule has 2 rings (SSSR count). The van der Waals surface area contributed by atoms with Crippen molar-refractivity contribution in [1.82, 2.24) is 0 Å². The highest BCUT2D eigenvalue weighted by Crippen LogP contribution is 2.17. The normalized spacial score (nSPS) is 13.2. The summed E-state index contributed by atoms with van der Waals surface area (Å²) in [5.41, 5.74) is 2.60. The summed E-state index contributed by atoms with van der Waals surface area (Å²) in [7, 11) is 0. The predicted molar refractivity (Wildman–Crippen MR) is 98.6 cm³/mol. The maximum atomic E-state index is 6.40. The minimum Gasteiger partial charge on any atom is -0.374 e. The van der Waals surface area contributed by atoms with Gasteiger partial charge >= 0.3 is 0 Å². The van der Waals surface area contributed by atoms with Gasteiger partial charge < -0.3 is 4.74 Å². The lowest BCUT2D eigenvalue weighted by molar-refractivity contribution is -0.00773. The molecule has 0 aromatic heterocycles. The van der Waals surface area contributed by atoms with Crippen LogP contribution >= 0.6 is 0 Å². The molecule has 0 aliphatic rings. The summed E-state index contributed by atoms with van der Waals surface area (Å²) < 4.78 is 6.40. The lowest BCUT2D eigenvalue weighted by atomic mass is 10.0. The molecule has 0 heterocycles. The zero-order valence-electron chi connectivity index (χ0n) is 13.7. The molecule has 1 heteroatoms. The summed E-state index contributed by atoms with van der Waals surface area (Å²) in [4.78, 5) is 0. The van der Waals surface area contributed by atoms with Gasteiger partial charge in [-0.2, -0.15) is 0 Å². The van der Waals surface area contributed by atoms with Gasteiger partial charge in [0, 0.05) is 0 Å². The summed E-state index contributed by atoms with van der Waals surface area (Å²) in [5.74, 6) is 0. The van der Waals surface area contributed by atoms with Gasteiger partial charge in [-0.15, -0.1) is 13.2 Å². The smallest absolute Gasteiger partial charge is 0.0653 e. The topological polar surface area (TPSA) is 9.23 Å². The minimum absolute atomic E-state index is 0.156. The number of benzene rings is 2. The van der Waals surface area contributed by atoms with Crippen LogP contribution in [0.25, 0.3) is 0 Å². The predicted octanol–water partition coefficient (Wildman–Crippen LogP) is 5.38. The van der Waals surface area contributed by atoms with E-state index in [1.165, 1.54) is 11.1 Å². The molecule has 23 heavy (non-hydrogen) atoms. The van der Waals surface area contributed by atoms with Crippen LogP contribution < -0.4 is 0 Å². The van der Waals surface area contributed by atoms with Crippen LogP contribution in [0.1, 0.15) is 24.0 Å². The highest BCUT2D eigenvalue weighted by molar-refractivity contribution is 5.17. The molecule has 2 aromatic carbocycles. The Morgan fingerprint density at radius 2 is 1.09 bits per heavy atom. The molecule has 2 aromatic rings. The van der Waals surface area contributed by atoms with Crippen LogP contribution in [0, 0.1) is 0 Å². The fourth-order valence-electron chi connectivity index (χ4n) is 2.77. The highest BCUT2D eigenvalue weighted by atomic mass is 16.5. The van der Waals surface area contributed by atoms with E-state index < -0.39 is 0 Å². The van der Waals surface area contributed by atoms with E-state index in [1.54, 1.807) is 0 Å². The minimum atomic E-state index is 0.156. The summed E-state index contributed by atoms with van der Waals surface area (Å²) in [6.45, 7) is 7.76. The first-order valence-corrected chi connectivity index (χ1v) is 8.27. The van der Waals surface area contributed by atoms with Gasteiger partial charge in [0.1, 0.15) is 0 Å². The molecule has 2 atom stereocenters. The third kappa shape index (κ3) is 6.25. The monoisotopic (exact) mass is 306 g/mol. The van der Waals surface area contributed by atoms with Crippen LogP contribution in [0.2, 0.25) is 0 Å². The Hall–Kier alpha value is -2.12. The van der Waals surface area contributed by atoms with Gasteiger partial charge in [0.15, 0.2) is 0 Å². The van der Waals surface area contributed by atoms with E-state index in [-0.39, 0.29) is 12.2 Å². The van der Waals surface area contributed by atoms with E-state index in [0.717, 1.165) is 25.7 Å². The molecule has 0 saturated heterocycles. The van der Waals surface area contributed by atoms with Crippen molar-refractivity contribution in [3.05, 3.63) is 97.1 Å². The summed E-state index contributed by atoms with van der Waals surface area (Å²) in [6, 6.07) is 21.0. The van der Waals surface area contributed by atoms with Gasteiger partial charge in [0.25, 0.3) is 0 Å². The molecule has 2 unspecified atom stereocenters. The Morgan fingerprint density at radius 3 is 1.43 bits per heavy atom. The molecule has 0 spiro atoms.